The van der Waals surface area contributed by atoms with Crippen molar-refractivity contribution in [2.45, 2.75) is 29.6 Å². The van der Waals surface area contributed by atoms with Crippen LogP contribution in [0.15, 0.2) is 308 Å². The number of fused-ring (bicyclic) bond motifs is 6. The number of allylic oxidation sites excluding steroid dienone is 6. The Labute approximate surface area is 440 Å². The maximum Gasteiger partial charge on any atom is 0.138 e. The van der Waals surface area contributed by atoms with Gasteiger partial charge in [-0.15, -0.1) is 0 Å². The third kappa shape index (κ3) is 7.64. The van der Waals surface area contributed by atoms with Crippen molar-refractivity contribution < 1.29 is 4.74 Å². The van der Waals surface area contributed by atoms with E-state index in [2.05, 4.69) is 296 Å². The minimum Gasteiger partial charge on any atom is -0.460 e. The molecule has 0 saturated carbocycles. The fraction of sp³-hybridized carbons (Fsp3) is 0.0685. The van der Waals surface area contributed by atoms with E-state index in [9.17, 15) is 0 Å². The maximum atomic E-state index is 7.40. The van der Waals surface area contributed by atoms with Crippen LogP contribution in [0.3, 0.4) is 0 Å². The first-order valence-corrected chi connectivity index (χ1v) is 26.3. The van der Waals surface area contributed by atoms with E-state index < -0.39 is 5.41 Å². The van der Waals surface area contributed by atoms with Gasteiger partial charge in [0.05, 0.1) is 11.3 Å². The summed E-state index contributed by atoms with van der Waals surface area (Å²) >= 11 is 0. The van der Waals surface area contributed by atoms with Gasteiger partial charge in [-0.25, -0.2) is 0 Å². The molecule has 0 spiro atoms. The standard InChI is InChI=1S/C73H53NO/c1-6-22-50(23-7-1)55-30-20-33-60(45-55)74(61-46-56(51-24-8-2-9-25-51)44-57(47-61)52-26-10-3-11-27-52)62-48-67(53-28-12-4-13-29-53)71-66-37-21-36-63(72(66)75-70(71)49-62)54-40-42-59(43-41-54)73(58-31-14-5-15-32-58)68-38-18-16-34-64(68)65-35-17-19-39-69(65)73/h1-43,45-49,56,67,71H,44H2. The molecule has 2 nitrogen and oxygen atoms in total. The summed E-state index contributed by atoms with van der Waals surface area (Å²) < 4.78 is 7.40. The average molecular weight is 960 g/mol. The molecule has 1 heterocycles. The van der Waals surface area contributed by atoms with Crippen molar-refractivity contribution in [1.29, 1.82) is 0 Å². The van der Waals surface area contributed by atoms with Crippen LogP contribution in [0.25, 0.3) is 39.0 Å². The normalized spacial score (nSPS) is 17.7. The third-order valence-electron chi connectivity index (χ3n) is 16.1. The van der Waals surface area contributed by atoms with Crippen LogP contribution < -0.4 is 9.64 Å². The summed E-state index contributed by atoms with van der Waals surface area (Å²) in [5.41, 5.74) is 21.4. The lowest BCUT2D eigenvalue weighted by atomic mass is 9.67. The second-order valence-corrected chi connectivity index (χ2v) is 20.3. The van der Waals surface area contributed by atoms with Crippen LogP contribution in [-0.2, 0) is 5.41 Å². The maximum absolute atomic E-state index is 7.40. The van der Waals surface area contributed by atoms with Crippen molar-refractivity contribution in [3.8, 4) is 39.1 Å². The highest BCUT2D eigenvalue weighted by atomic mass is 16.5. The first-order valence-electron chi connectivity index (χ1n) is 26.3. The molecule has 0 aromatic heterocycles. The molecule has 1 aliphatic heterocycles. The Balaban J connectivity index is 0.911. The number of ether oxygens (including phenoxy) is 1. The van der Waals surface area contributed by atoms with E-state index in [1.807, 2.05) is 0 Å². The Morgan fingerprint density at radius 2 is 0.933 bits per heavy atom. The lowest BCUT2D eigenvalue weighted by molar-refractivity contribution is 0.416. The number of benzene rings is 10. The molecule has 3 aliphatic carbocycles. The number of nitrogens with zero attached hydrogens (tertiary/aromatic N) is 1. The van der Waals surface area contributed by atoms with E-state index >= 15 is 0 Å². The van der Waals surface area contributed by atoms with Gasteiger partial charge in [0.1, 0.15) is 11.5 Å². The monoisotopic (exact) mass is 959 g/mol. The molecule has 0 bridgehead atoms. The van der Waals surface area contributed by atoms with Crippen molar-refractivity contribution in [2.24, 2.45) is 0 Å². The van der Waals surface area contributed by atoms with Crippen molar-refractivity contribution in [3.05, 3.63) is 353 Å². The third-order valence-corrected chi connectivity index (χ3v) is 16.1. The predicted molar refractivity (Wildman–Crippen MR) is 309 cm³/mol. The summed E-state index contributed by atoms with van der Waals surface area (Å²) in [6.45, 7) is 0. The van der Waals surface area contributed by atoms with Crippen LogP contribution >= 0.6 is 0 Å². The average Bonchev–Trinajstić information content (AvgIpc) is 4.11. The molecule has 356 valence electrons. The Morgan fingerprint density at radius 3 is 1.61 bits per heavy atom. The van der Waals surface area contributed by atoms with Gasteiger partial charge in [-0.2, -0.15) is 0 Å². The molecule has 2 heteroatoms. The predicted octanol–water partition coefficient (Wildman–Crippen LogP) is 18.1. The summed E-state index contributed by atoms with van der Waals surface area (Å²) in [7, 11) is 0. The molecule has 10 aromatic rings. The van der Waals surface area contributed by atoms with E-state index in [4.69, 9.17) is 4.74 Å². The summed E-state index contributed by atoms with van der Waals surface area (Å²) in [5, 5.41) is 0. The molecule has 4 aliphatic rings. The summed E-state index contributed by atoms with van der Waals surface area (Å²) in [6.07, 6.45) is 10.6. The van der Waals surface area contributed by atoms with Crippen LogP contribution in [0.1, 0.15) is 68.7 Å². The van der Waals surface area contributed by atoms with E-state index in [-0.39, 0.29) is 17.8 Å². The largest absolute Gasteiger partial charge is 0.460 e. The van der Waals surface area contributed by atoms with E-state index in [1.165, 1.54) is 72.3 Å². The van der Waals surface area contributed by atoms with Crippen molar-refractivity contribution >= 4 is 11.3 Å². The van der Waals surface area contributed by atoms with Crippen LogP contribution in [0.2, 0.25) is 0 Å². The fourth-order valence-corrected chi connectivity index (χ4v) is 12.8. The first kappa shape index (κ1) is 44.5. The number of para-hydroxylation sites is 1. The van der Waals surface area contributed by atoms with E-state index in [1.54, 1.807) is 0 Å². The van der Waals surface area contributed by atoms with Crippen LogP contribution in [0, 0.1) is 0 Å². The molecule has 3 atom stereocenters. The molecule has 0 radical (unpaired) electrons. The SMILES string of the molecule is C1=C(c2ccccc2)CC(c2ccccc2)C=C1N(C1=CC(c2ccccc2)C2C(=C1)Oc1c(-c3ccc(C4(c5ccccc5)c5ccccc5-c5ccccc54)cc3)cccc12)c1cccc(-c2ccccc2)c1. The van der Waals surface area contributed by atoms with Gasteiger partial charge in [0.25, 0.3) is 0 Å². The van der Waals surface area contributed by atoms with Gasteiger partial charge in [-0.05, 0) is 97.0 Å². The Bertz CT molecular complexity index is 3830. The van der Waals surface area contributed by atoms with Crippen LogP contribution in [0.5, 0.6) is 5.75 Å². The van der Waals surface area contributed by atoms with Crippen LogP contribution in [-0.4, -0.2) is 0 Å². The number of rotatable bonds is 10. The minimum absolute atomic E-state index is 0.0141. The molecule has 0 N–H and O–H groups in total. The Hall–Kier alpha value is -9.24. The zero-order valence-corrected chi connectivity index (χ0v) is 41.5. The van der Waals surface area contributed by atoms with Gasteiger partial charge < -0.3 is 9.64 Å². The highest BCUT2D eigenvalue weighted by molar-refractivity contribution is 5.87. The van der Waals surface area contributed by atoms with E-state index in [0.717, 1.165) is 46.1 Å². The van der Waals surface area contributed by atoms with Gasteiger partial charge in [0.2, 0.25) is 0 Å². The summed E-state index contributed by atoms with van der Waals surface area (Å²) in [4.78, 5) is 2.48. The molecular weight excluding hydrogens is 907 g/mol. The van der Waals surface area contributed by atoms with Crippen LogP contribution in [0.4, 0.5) is 5.69 Å². The van der Waals surface area contributed by atoms with Gasteiger partial charge in [0.15, 0.2) is 0 Å². The first-order chi connectivity index (χ1) is 37.2. The molecule has 0 saturated heterocycles. The van der Waals surface area contributed by atoms with Crippen molar-refractivity contribution in [2.75, 3.05) is 4.90 Å². The fourth-order valence-electron chi connectivity index (χ4n) is 12.8. The molecule has 0 fully saturated rings. The van der Waals surface area contributed by atoms with Crippen molar-refractivity contribution in [3.63, 3.8) is 0 Å². The number of hydrogen-bond donors (Lipinski definition) is 0. The van der Waals surface area contributed by atoms with E-state index in [0.29, 0.717) is 0 Å². The zero-order valence-electron chi connectivity index (χ0n) is 41.5. The second kappa shape index (κ2) is 18.7. The smallest absolute Gasteiger partial charge is 0.138 e. The lowest BCUT2D eigenvalue weighted by Gasteiger charge is -2.35. The van der Waals surface area contributed by atoms with Crippen molar-refractivity contribution in [1.82, 2.24) is 0 Å². The lowest BCUT2D eigenvalue weighted by Crippen LogP contribution is -2.28. The number of anilines is 1. The number of hydrogen-bond acceptors (Lipinski definition) is 2. The minimum atomic E-state index is -0.467. The summed E-state index contributed by atoms with van der Waals surface area (Å²) in [6, 6.07) is 97.7. The quantitative estimate of drug-likeness (QED) is 0.135. The van der Waals surface area contributed by atoms with Gasteiger partial charge >= 0.3 is 0 Å². The second-order valence-electron chi connectivity index (χ2n) is 20.3. The van der Waals surface area contributed by atoms with Gasteiger partial charge in [-0.1, -0.05) is 267 Å². The Morgan fingerprint density at radius 1 is 0.400 bits per heavy atom. The molecule has 10 aromatic carbocycles. The zero-order chi connectivity index (χ0) is 49.7. The van der Waals surface area contributed by atoms with Gasteiger partial charge in [0, 0.05) is 46.1 Å². The summed E-state index contributed by atoms with van der Waals surface area (Å²) in [5.74, 6) is 2.01. The van der Waals surface area contributed by atoms with Gasteiger partial charge in [-0.3, -0.25) is 0 Å². The molecule has 0 amide bonds. The highest BCUT2D eigenvalue weighted by Gasteiger charge is 2.46. The molecule has 3 unspecified atom stereocenters. The molecule has 75 heavy (non-hydrogen) atoms. The highest BCUT2D eigenvalue weighted by Crippen LogP contribution is 2.58. The molecule has 14 rings (SSSR count). The molecular formula is C73H53NO. The topological polar surface area (TPSA) is 12.5 Å². The Kier molecular flexibility index (Phi) is 11.1.